The largest absolute Gasteiger partial charge is 0.384 e. The number of aromatic nitrogens is 1. The van der Waals surface area contributed by atoms with Crippen LogP contribution in [-0.2, 0) is 4.74 Å². The predicted molar refractivity (Wildman–Crippen MR) is 95.6 cm³/mol. The molecule has 2 saturated heterocycles. The molecule has 2 N–H and O–H groups in total. The summed E-state index contributed by atoms with van der Waals surface area (Å²) in [6, 6.07) is 7.66. The number of H-pyrrole nitrogens is 1. The van der Waals surface area contributed by atoms with E-state index in [0.29, 0.717) is 31.8 Å². The van der Waals surface area contributed by atoms with Crippen LogP contribution in [0.3, 0.4) is 0 Å². The molecule has 0 saturated carbocycles. The first-order valence-electron chi connectivity index (χ1n) is 9.02. The molecule has 0 radical (unpaired) electrons. The minimum atomic E-state index is -1.01. The van der Waals surface area contributed by atoms with Crippen LogP contribution in [0, 0.1) is 0 Å². The highest BCUT2D eigenvalue weighted by atomic mass is 16.5. The molecule has 0 bridgehead atoms. The van der Waals surface area contributed by atoms with Gasteiger partial charge in [-0.05, 0) is 49.5 Å². The number of aliphatic hydroxyl groups is 1. The first-order chi connectivity index (χ1) is 12.1. The van der Waals surface area contributed by atoms with Crippen LogP contribution in [0.15, 0.2) is 30.5 Å². The molecule has 1 aromatic carbocycles. The summed E-state index contributed by atoms with van der Waals surface area (Å²) >= 11 is 0. The molecule has 0 aliphatic carbocycles. The van der Waals surface area contributed by atoms with Crippen molar-refractivity contribution in [2.24, 2.45) is 0 Å². The van der Waals surface area contributed by atoms with Gasteiger partial charge in [-0.3, -0.25) is 4.79 Å². The quantitative estimate of drug-likeness (QED) is 0.885. The second kappa shape index (κ2) is 6.78. The molecule has 2 aliphatic heterocycles. The number of β-amino-alcohol motifs (C(OH)–C–C–N with tert-alkyl or cyclic N) is 1. The third-order valence-electron chi connectivity index (χ3n) is 5.17. The molecule has 1 atom stereocenters. The molecule has 6 nitrogen and oxygen atoms in total. The number of fused-ring (bicyclic) bond motifs is 1. The van der Waals surface area contributed by atoms with Gasteiger partial charge >= 0.3 is 0 Å². The zero-order chi connectivity index (χ0) is 17.3. The first kappa shape index (κ1) is 16.6. The number of hydrogen-bond donors (Lipinski definition) is 2. The second-order valence-corrected chi connectivity index (χ2v) is 7.27. The Kier molecular flexibility index (Phi) is 4.50. The van der Waals surface area contributed by atoms with E-state index in [9.17, 15) is 9.90 Å². The van der Waals surface area contributed by atoms with Crippen molar-refractivity contribution in [2.45, 2.75) is 18.4 Å². The van der Waals surface area contributed by atoms with Gasteiger partial charge in [0.2, 0.25) is 0 Å². The zero-order valence-corrected chi connectivity index (χ0v) is 14.4. The fraction of sp³-hybridized carbons (Fsp3) is 0.526. The number of rotatable bonds is 3. The van der Waals surface area contributed by atoms with Gasteiger partial charge in [0.25, 0.3) is 5.91 Å². The molecule has 0 spiro atoms. The van der Waals surface area contributed by atoms with E-state index >= 15 is 0 Å². The Morgan fingerprint density at radius 1 is 1.24 bits per heavy atom. The predicted octanol–water partition coefficient (Wildman–Crippen LogP) is 1.47. The molecule has 6 heteroatoms. The molecule has 3 heterocycles. The number of ether oxygens (including phenoxy) is 1. The molecule has 0 unspecified atom stereocenters. The van der Waals surface area contributed by atoms with Crippen LogP contribution < -0.4 is 0 Å². The van der Waals surface area contributed by atoms with E-state index in [-0.39, 0.29) is 12.5 Å². The Morgan fingerprint density at radius 3 is 2.92 bits per heavy atom. The van der Waals surface area contributed by atoms with Crippen molar-refractivity contribution in [3.63, 3.8) is 0 Å². The highest BCUT2D eigenvalue weighted by molar-refractivity contribution is 5.98. The van der Waals surface area contributed by atoms with Gasteiger partial charge < -0.3 is 24.6 Å². The Hall–Kier alpha value is -1.89. The lowest BCUT2D eigenvalue weighted by Crippen LogP contribution is -2.53. The maximum atomic E-state index is 13.0. The zero-order valence-electron chi connectivity index (χ0n) is 14.4. The number of nitrogens with zero attached hydrogens (tertiary/aromatic N) is 2. The number of carbonyl (C=O) groups excluding carboxylic acids is 1. The summed E-state index contributed by atoms with van der Waals surface area (Å²) in [4.78, 5) is 20.1. The number of aromatic amines is 1. The summed E-state index contributed by atoms with van der Waals surface area (Å²) < 4.78 is 5.62. The SMILES string of the molecule is O=C(c1ccc2cc[nH]c2c1)N1CCOC[C@](O)(CN2CCCC2)C1. The van der Waals surface area contributed by atoms with Gasteiger partial charge in [-0.2, -0.15) is 0 Å². The fourth-order valence-corrected chi connectivity index (χ4v) is 3.91. The van der Waals surface area contributed by atoms with Gasteiger partial charge in [0.15, 0.2) is 0 Å². The summed E-state index contributed by atoms with van der Waals surface area (Å²) in [5.41, 5.74) is 0.581. The maximum absolute atomic E-state index is 13.0. The fourth-order valence-electron chi connectivity index (χ4n) is 3.91. The van der Waals surface area contributed by atoms with Crippen LogP contribution >= 0.6 is 0 Å². The molecule has 4 rings (SSSR count). The van der Waals surface area contributed by atoms with Gasteiger partial charge in [-0.25, -0.2) is 0 Å². The van der Waals surface area contributed by atoms with Gasteiger partial charge in [0.05, 0.1) is 19.8 Å². The van der Waals surface area contributed by atoms with Gasteiger partial charge in [0, 0.05) is 30.4 Å². The second-order valence-electron chi connectivity index (χ2n) is 7.27. The summed E-state index contributed by atoms with van der Waals surface area (Å²) in [5, 5.41) is 12.1. The van der Waals surface area contributed by atoms with Crippen LogP contribution in [0.4, 0.5) is 0 Å². The van der Waals surface area contributed by atoms with E-state index in [4.69, 9.17) is 4.74 Å². The van der Waals surface area contributed by atoms with Crippen molar-refractivity contribution >= 4 is 16.8 Å². The van der Waals surface area contributed by atoms with Crippen LogP contribution in [0.25, 0.3) is 10.9 Å². The normalized spacial score (nSPS) is 25.4. The Labute approximate surface area is 147 Å². The van der Waals surface area contributed by atoms with E-state index in [2.05, 4.69) is 9.88 Å². The third-order valence-corrected chi connectivity index (χ3v) is 5.17. The molecule has 134 valence electrons. The maximum Gasteiger partial charge on any atom is 0.254 e. The van der Waals surface area contributed by atoms with Crippen molar-refractivity contribution in [3.8, 4) is 0 Å². The number of amides is 1. The van der Waals surface area contributed by atoms with Crippen molar-refractivity contribution in [1.29, 1.82) is 0 Å². The highest BCUT2D eigenvalue weighted by Crippen LogP contribution is 2.21. The van der Waals surface area contributed by atoms with Crippen molar-refractivity contribution < 1.29 is 14.6 Å². The van der Waals surface area contributed by atoms with Crippen LogP contribution in [0.5, 0.6) is 0 Å². The minimum absolute atomic E-state index is 0.0538. The topological polar surface area (TPSA) is 68.8 Å². The lowest BCUT2D eigenvalue weighted by molar-refractivity contribution is -0.0524. The summed E-state index contributed by atoms with van der Waals surface area (Å²) in [5.74, 6) is -0.0538. The number of nitrogens with one attached hydrogen (secondary N) is 1. The van der Waals surface area contributed by atoms with E-state index in [0.717, 1.165) is 24.0 Å². The third kappa shape index (κ3) is 3.56. The molecular weight excluding hydrogens is 318 g/mol. The minimum Gasteiger partial charge on any atom is -0.384 e. The lowest BCUT2D eigenvalue weighted by Gasteiger charge is -2.34. The average molecular weight is 343 g/mol. The Bertz CT molecular complexity index is 753. The van der Waals surface area contributed by atoms with Crippen LogP contribution in [0.2, 0.25) is 0 Å². The molecule has 2 aromatic rings. The van der Waals surface area contributed by atoms with E-state index in [1.807, 2.05) is 30.5 Å². The standard InChI is InChI=1S/C19H25N3O3/c23-18(16-4-3-15-5-6-20-17(15)11-16)22-9-10-25-14-19(24,13-22)12-21-7-1-2-8-21/h3-6,11,20,24H,1-2,7-10,12-14H2/t19-/m0/s1. The molecular formula is C19H25N3O3. The van der Waals surface area contributed by atoms with Crippen LogP contribution in [-0.4, -0.2) is 77.3 Å². The van der Waals surface area contributed by atoms with Gasteiger partial charge in [0.1, 0.15) is 5.60 Å². The monoisotopic (exact) mass is 343 g/mol. The number of benzene rings is 1. The molecule has 2 aliphatic rings. The van der Waals surface area contributed by atoms with Gasteiger partial charge in [-0.15, -0.1) is 0 Å². The Balaban J connectivity index is 1.52. The van der Waals surface area contributed by atoms with Crippen molar-refractivity contribution in [3.05, 3.63) is 36.0 Å². The number of likely N-dealkylation sites (tertiary alicyclic amines) is 1. The average Bonchev–Trinajstić information content (AvgIpc) is 3.23. The number of carbonyl (C=O) groups is 1. The summed E-state index contributed by atoms with van der Waals surface area (Å²) in [7, 11) is 0. The smallest absolute Gasteiger partial charge is 0.254 e. The van der Waals surface area contributed by atoms with E-state index < -0.39 is 5.60 Å². The Morgan fingerprint density at radius 2 is 2.08 bits per heavy atom. The molecule has 25 heavy (non-hydrogen) atoms. The summed E-state index contributed by atoms with van der Waals surface area (Å²) in [6.07, 6.45) is 4.22. The van der Waals surface area contributed by atoms with E-state index in [1.165, 1.54) is 12.8 Å². The van der Waals surface area contributed by atoms with Gasteiger partial charge in [-0.1, -0.05) is 6.07 Å². The molecule has 1 amide bonds. The van der Waals surface area contributed by atoms with Crippen molar-refractivity contribution in [2.75, 3.05) is 45.9 Å². The molecule has 1 aromatic heterocycles. The summed E-state index contributed by atoms with van der Waals surface area (Å²) in [6.45, 7) is 4.14. The van der Waals surface area contributed by atoms with Crippen LogP contribution in [0.1, 0.15) is 23.2 Å². The molecule has 2 fully saturated rings. The highest BCUT2D eigenvalue weighted by Gasteiger charge is 2.36. The first-order valence-corrected chi connectivity index (χ1v) is 9.02. The number of hydrogen-bond acceptors (Lipinski definition) is 4. The lowest BCUT2D eigenvalue weighted by atomic mass is 10.0. The van der Waals surface area contributed by atoms with Crippen molar-refractivity contribution in [1.82, 2.24) is 14.8 Å². The van der Waals surface area contributed by atoms with E-state index in [1.54, 1.807) is 4.90 Å².